The Hall–Kier alpha value is -3.16. The van der Waals surface area contributed by atoms with Crippen molar-refractivity contribution < 1.29 is 18.7 Å². The molecule has 3 aromatic rings. The monoisotopic (exact) mass is 425 g/mol. The summed E-state index contributed by atoms with van der Waals surface area (Å²) in [5.41, 5.74) is 8.10. The van der Waals surface area contributed by atoms with Crippen molar-refractivity contribution in [1.82, 2.24) is 9.88 Å². The summed E-state index contributed by atoms with van der Waals surface area (Å²) in [6.45, 7) is 5.86. The van der Waals surface area contributed by atoms with E-state index in [0.29, 0.717) is 48.2 Å². The lowest BCUT2D eigenvalue weighted by molar-refractivity contribution is -0.114. The SMILES string of the molecule is C=C(Cc1cc2cc(-c3cncc(C(=O)N4CCOCC4)c3)cc(Cl)c2o1)C(N)=O. The van der Waals surface area contributed by atoms with Crippen molar-refractivity contribution in [2.75, 3.05) is 26.3 Å². The number of morpholine rings is 1. The van der Waals surface area contributed by atoms with Crippen LogP contribution in [0.15, 0.2) is 53.2 Å². The number of hydrogen-bond acceptors (Lipinski definition) is 5. The lowest BCUT2D eigenvalue weighted by atomic mass is 10.0. The number of nitrogens with zero attached hydrogens (tertiary/aromatic N) is 2. The van der Waals surface area contributed by atoms with Crippen LogP contribution in [0.1, 0.15) is 16.1 Å². The standard InChI is InChI=1S/C22H20ClN3O4/c1-13(21(24)27)6-18-9-15-7-14(10-19(23)20(15)30-18)16-8-17(12-25-11-16)22(28)26-2-4-29-5-3-26/h7-12H,1-6H2,(H2,24,27). The van der Waals surface area contributed by atoms with Gasteiger partial charge in [-0.05, 0) is 29.8 Å². The molecule has 4 rings (SSSR count). The minimum Gasteiger partial charge on any atom is -0.459 e. The number of amides is 2. The summed E-state index contributed by atoms with van der Waals surface area (Å²) in [7, 11) is 0. The molecule has 0 spiro atoms. The molecule has 1 aliphatic rings. The summed E-state index contributed by atoms with van der Waals surface area (Å²) < 4.78 is 11.1. The zero-order valence-corrected chi connectivity index (χ0v) is 16.9. The molecule has 3 heterocycles. The molecular weight excluding hydrogens is 406 g/mol. The highest BCUT2D eigenvalue weighted by atomic mass is 35.5. The third-order valence-corrected chi connectivity index (χ3v) is 5.26. The lowest BCUT2D eigenvalue weighted by Gasteiger charge is -2.26. The van der Waals surface area contributed by atoms with Gasteiger partial charge >= 0.3 is 0 Å². The highest BCUT2D eigenvalue weighted by Crippen LogP contribution is 2.33. The Bertz CT molecular complexity index is 1150. The summed E-state index contributed by atoms with van der Waals surface area (Å²) in [6.07, 6.45) is 3.46. The molecule has 1 saturated heterocycles. The second kappa shape index (κ2) is 8.30. The molecule has 0 bridgehead atoms. The van der Waals surface area contributed by atoms with Gasteiger partial charge in [0.25, 0.3) is 5.91 Å². The van der Waals surface area contributed by atoms with Crippen molar-refractivity contribution in [2.45, 2.75) is 6.42 Å². The minimum absolute atomic E-state index is 0.0737. The van der Waals surface area contributed by atoms with Crippen molar-refractivity contribution in [3.63, 3.8) is 0 Å². The van der Waals surface area contributed by atoms with E-state index >= 15 is 0 Å². The third-order valence-electron chi connectivity index (χ3n) is 4.97. The molecule has 0 saturated carbocycles. The normalized spacial score (nSPS) is 14.1. The van der Waals surface area contributed by atoms with E-state index in [1.54, 1.807) is 35.5 Å². The first-order valence-corrected chi connectivity index (χ1v) is 9.82. The maximum absolute atomic E-state index is 12.8. The van der Waals surface area contributed by atoms with E-state index in [-0.39, 0.29) is 17.9 Å². The fourth-order valence-electron chi connectivity index (χ4n) is 3.38. The van der Waals surface area contributed by atoms with Gasteiger partial charge in [0.1, 0.15) is 5.76 Å². The van der Waals surface area contributed by atoms with Gasteiger partial charge in [0.2, 0.25) is 5.91 Å². The predicted octanol–water partition coefficient (Wildman–Crippen LogP) is 3.20. The van der Waals surface area contributed by atoms with E-state index in [4.69, 9.17) is 26.5 Å². The number of carbonyl (C=O) groups excluding carboxylic acids is 2. The molecule has 0 radical (unpaired) electrons. The van der Waals surface area contributed by atoms with Crippen LogP contribution in [0.2, 0.25) is 5.02 Å². The number of rotatable bonds is 5. The van der Waals surface area contributed by atoms with E-state index in [2.05, 4.69) is 11.6 Å². The van der Waals surface area contributed by atoms with Gasteiger partial charge in [-0.25, -0.2) is 0 Å². The van der Waals surface area contributed by atoms with E-state index in [0.717, 1.165) is 16.5 Å². The topological polar surface area (TPSA) is 98.7 Å². The van der Waals surface area contributed by atoms with Crippen LogP contribution in [-0.4, -0.2) is 48.0 Å². The first-order chi connectivity index (χ1) is 14.4. The quantitative estimate of drug-likeness (QED) is 0.633. The predicted molar refractivity (Wildman–Crippen MR) is 113 cm³/mol. The van der Waals surface area contributed by atoms with Gasteiger partial charge in [0, 0.05) is 48.4 Å². The van der Waals surface area contributed by atoms with Crippen LogP contribution in [0.5, 0.6) is 0 Å². The average Bonchev–Trinajstić information content (AvgIpc) is 3.17. The van der Waals surface area contributed by atoms with E-state index in [1.165, 1.54) is 0 Å². The number of primary amides is 1. The number of hydrogen-bond donors (Lipinski definition) is 1. The van der Waals surface area contributed by atoms with Crippen LogP contribution >= 0.6 is 11.6 Å². The summed E-state index contributed by atoms with van der Waals surface area (Å²) in [4.78, 5) is 30.0. The second-order valence-corrected chi connectivity index (χ2v) is 7.51. The first kappa shape index (κ1) is 20.1. The smallest absolute Gasteiger partial charge is 0.255 e. The Balaban J connectivity index is 1.65. The van der Waals surface area contributed by atoms with Gasteiger partial charge in [0.15, 0.2) is 5.58 Å². The second-order valence-electron chi connectivity index (χ2n) is 7.10. The molecule has 0 aliphatic carbocycles. The highest BCUT2D eigenvalue weighted by Gasteiger charge is 2.20. The zero-order valence-electron chi connectivity index (χ0n) is 16.2. The van der Waals surface area contributed by atoms with Crippen molar-refractivity contribution in [3.8, 4) is 11.1 Å². The highest BCUT2D eigenvalue weighted by molar-refractivity contribution is 6.35. The Morgan fingerprint density at radius 2 is 1.90 bits per heavy atom. The van der Waals surface area contributed by atoms with Crippen LogP contribution in [-0.2, 0) is 16.0 Å². The van der Waals surface area contributed by atoms with Gasteiger partial charge in [-0.2, -0.15) is 0 Å². The Morgan fingerprint density at radius 1 is 1.13 bits per heavy atom. The first-order valence-electron chi connectivity index (χ1n) is 9.44. The number of fused-ring (bicyclic) bond motifs is 1. The number of furan rings is 1. The maximum Gasteiger partial charge on any atom is 0.255 e. The molecule has 2 amide bonds. The fraction of sp³-hybridized carbons (Fsp3) is 0.227. The number of benzene rings is 1. The van der Waals surface area contributed by atoms with Crippen molar-refractivity contribution in [1.29, 1.82) is 0 Å². The van der Waals surface area contributed by atoms with E-state index in [1.807, 2.05) is 6.07 Å². The van der Waals surface area contributed by atoms with Crippen LogP contribution in [0.3, 0.4) is 0 Å². The summed E-state index contributed by atoms with van der Waals surface area (Å²) >= 11 is 6.43. The average molecular weight is 426 g/mol. The van der Waals surface area contributed by atoms with Gasteiger partial charge < -0.3 is 19.8 Å². The Labute approximate surface area is 178 Å². The largest absolute Gasteiger partial charge is 0.459 e. The molecule has 8 heteroatoms. The molecule has 154 valence electrons. The summed E-state index contributed by atoms with van der Waals surface area (Å²) in [6, 6.07) is 7.27. The van der Waals surface area contributed by atoms with Gasteiger partial charge in [-0.1, -0.05) is 18.2 Å². The molecule has 30 heavy (non-hydrogen) atoms. The van der Waals surface area contributed by atoms with E-state index in [9.17, 15) is 9.59 Å². The molecule has 7 nitrogen and oxygen atoms in total. The Kier molecular flexibility index (Phi) is 5.57. The van der Waals surface area contributed by atoms with Crippen LogP contribution in [0.4, 0.5) is 0 Å². The van der Waals surface area contributed by atoms with Crippen molar-refractivity contribution in [2.24, 2.45) is 5.73 Å². The number of ether oxygens (including phenoxy) is 1. The molecule has 1 fully saturated rings. The number of aromatic nitrogens is 1. The molecule has 2 N–H and O–H groups in total. The molecule has 0 unspecified atom stereocenters. The molecule has 1 aliphatic heterocycles. The third kappa shape index (κ3) is 4.08. The van der Waals surface area contributed by atoms with Crippen molar-refractivity contribution >= 4 is 34.4 Å². The van der Waals surface area contributed by atoms with Crippen LogP contribution < -0.4 is 5.73 Å². The van der Waals surface area contributed by atoms with Crippen LogP contribution in [0, 0.1) is 0 Å². The Morgan fingerprint density at radius 3 is 2.63 bits per heavy atom. The molecular formula is C22H20ClN3O4. The van der Waals surface area contributed by atoms with Gasteiger partial charge in [-0.15, -0.1) is 0 Å². The lowest BCUT2D eigenvalue weighted by Crippen LogP contribution is -2.40. The number of pyridine rings is 1. The fourth-order valence-corrected chi connectivity index (χ4v) is 3.64. The number of carbonyl (C=O) groups is 2. The zero-order chi connectivity index (χ0) is 21.3. The summed E-state index contributed by atoms with van der Waals surface area (Å²) in [5.74, 6) is -0.104. The van der Waals surface area contributed by atoms with E-state index < -0.39 is 5.91 Å². The van der Waals surface area contributed by atoms with Gasteiger partial charge in [0.05, 0.1) is 23.8 Å². The molecule has 2 aromatic heterocycles. The molecule has 0 atom stereocenters. The maximum atomic E-state index is 12.8. The number of nitrogens with two attached hydrogens (primary N) is 1. The van der Waals surface area contributed by atoms with Crippen LogP contribution in [0.25, 0.3) is 22.1 Å². The van der Waals surface area contributed by atoms with Gasteiger partial charge in [-0.3, -0.25) is 14.6 Å². The van der Waals surface area contributed by atoms with Crippen molar-refractivity contribution in [3.05, 3.63) is 65.2 Å². The molecule has 1 aromatic carbocycles. The summed E-state index contributed by atoms with van der Waals surface area (Å²) in [5, 5.41) is 1.19. The number of halogens is 1. The minimum atomic E-state index is -0.574.